The van der Waals surface area contributed by atoms with Gasteiger partial charge in [-0.3, -0.25) is 0 Å². The number of nitriles is 1. The Bertz CT molecular complexity index is 559. The van der Waals surface area contributed by atoms with Crippen LogP contribution in [0, 0.1) is 16.7 Å². The average molecular weight is 285 g/mol. The van der Waals surface area contributed by atoms with Crippen LogP contribution in [0.15, 0.2) is 18.2 Å². The van der Waals surface area contributed by atoms with Crippen LogP contribution in [0.5, 0.6) is 11.5 Å². The van der Waals surface area contributed by atoms with Gasteiger partial charge in [0.15, 0.2) is 11.5 Å². The fourth-order valence-corrected chi connectivity index (χ4v) is 4.31. The molecule has 0 unspecified atom stereocenters. The van der Waals surface area contributed by atoms with Gasteiger partial charge in [0, 0.05) is 0 Å². The average Bonchev–Trinajstić information content (AvgIpc) is 2.91. The number of hydrogen-bond acceptors (Lipinski definition) is 3. The zero-order chi connectivity index (χ0) is 14.9. The van der Waals surface area contributed by atoms with E-state index in [2.05, 4.69) is 19.9 Å². The van der Waals surface area contributed by atoms with Gasteiger partial charge in [0.1, 0.15) is 0 Å². The maximum Gasteiger partial charge on any atom is 0.231 e. The summed E-state index contributed by atoms with van der Waals surface area (Å²) in [5, 5.41) is 9.79. The highest BCUT2D eigenvalue weighted by Crippen LogP contribution is 2.60. The molecule has 0 radical (unpaired) electrons. The molecule has 1 heterocycles. The van der Waals surface area contributed by atoms with Crippen molar-refractivity contribution in [1.82, 2.24) is 0 Å². The van der Waals surface area contributed by atoms with Crippen molar-refractivity contribution < 1.29 is 9.47 Å². The first kappa shape index (κ1) is 14.3. The predicted molar refractivity (Wildman–Crippen MR) is 81.3 cm³/mol. The first-order chi connectivity index (χ1) is 10.2. The Morgan fingerprint density at radius 3 is 2.38 bits per heavy atom. The highest BCUT2D eigenvalue weighted by molar-refractivity contribution is 5.49. The van der Waals surface area contributed by atoms with E-state index < -0.39 is 0 Å². The molecule has 112 valence electrons. The van der Waals surface area contributed by atoms with Crippen LogP contribution in [-0.4, -0.2) is 6.79 Å². The van der Waals surface area contributed by atoms with Gasteiger partial charge in [0.25, 0.3) is 0 Å². The summed E-state index contributed by atoms with van der Waals surface area (Å²) in [5.74, 6) is 1.57. The summed E-state index contributed by atoms with van der Waals surface area (Å²) in [6, 6.07) is 8.59. The summed E-state index contributed by atoms with van der Waals surface area (Å²) in [6.07, 6.45) is 6.82. The molecule has 1 saturated carbocycles. The van der Waals surface area contributed by atoms with E-state index in [1.165, 1.54) is 25.7 Å². The van der Waals surface area contributed by atoms with Gasteiger partial charge in [0.05, 0.1) is 11.5 Å². The minimum Gasteiger partial charge on any atom is -0.454 e. The van der Waals surface area contributed by atoms with E-state index in [1.54, 1.807) is 0 Å². The highest BCUT2D eigenvalue weighted by atomic mass is 16.7. The Labute approximate surface area is 126 Å². The fraction of sp³-hybridized carbons (Fsp3) is 0.611. The van der Waals surface area contributed by atoms with Crippen LogP contribution >= 0.6 is 0 Å². The minimum atomic E-state index is -0.328. The standard InChI is InChI=1S/C18H23NO2/c1-3-7-17(8-4-2)10-18(11-17,12-19)14-5-6-15-16(9-14)21-13-20-15/h5-6,9H,3-4,7-8,10-11,13H2,1-2H3. The van der Waals surface area contributed by atoms with Crippen LogP contribution in [0.1, 0.15) is 57.9 Å². The lowest BCUT2D eigenvalue weighted by atomic mass is 9.48. The molecule has 1 aliphatic carbocycles. The van der Waals surface area contributed by atoms with E-state index in [4.69, 9.17) is 9.47 Å². The SMILES string of the molecule is CCCC1(CCC)CC(C#N)(c2ccc3c(c2)OCO3)C1. The van der Waals surface area contributed by atoms with Crippen LogP contribution in [0.25, 0.3) is 0 Å². The lowest BCUT2D eigenvalue weighted by Crippen LogP contribution is -2.48. The van der Waals surface area contributed by atoms with Gasteiger partial charge >= 0.3 is 0 Å². The second-order valence-electron chi connectivity index (χ2n) is 6.62. The zero-order valence-electron chi connectivity index (χ0n) is 12.9. The predicted octanol–water partition coefficient (Wildman–Crippen LogP) is 4.56. The van der Waals surface area contributed by atoms with E-state index in [-0.39, 0.29) is 12.2 Å². The third-order valence-corrected chi connectivity index (χ3v) is 5.05. The van der Waals surface area contributed by atoms with Crippen molar-refractivity contribution >= 4 is 0 Å². The van der Waals surface area contributed by atoms with Crippen molar-refractivity contribution in [3.05, 3.63) is 23.8 Å². The number of fused-ring (bicyclic) bond motifs is 1. The van der Waals surface area contributed by atoms with Gasteiger partial charge < -0.3 is 9.47 Å². The summed E-state index contributed by atoms with van der Waals surface area (Å²) >= 11 is 0. The summed E-state index contributed by atoms with van der Waals surface area (Å²) in [4.78, 5) is 0. The smallest absolute Gasteiger partial charge is 0.231 e. The molecule has 1 fully saturated rings. The molecule has 0 bridgehead atoms. The lowest BCUT2D eigenvalue weighted by molar-refractivity contribution is 0.0357. The number of hydrogen-bond donors (Lipinski definition) is 0. The number of ether oxygens (including phenoxy) is 2. The molecule has 3 nitrogen and oxygen atoms in total. The van der Waals surface area contributed by atoms with Crippen molar-refractivity contribution in [2.75, 3.05) is 6.79 Å². The van der Waals surface area contributed by atoms with Crippen LogP contribution in [0.2, 0.25) is 0 Å². The molecule has 3 rings (SSSR count). The maximum atomic E-state index is 9.79. The molecule has 2 aliphatic rings. The van der Waals surface area contributed by atoms with Crippen molar-refractivity contribution in [2.24, 2.45) is 5.41 Å². The van der Waals surface area contributed by atoms with Crippen LogP contribution in [0.4, 0.5) is 0 Å². The third kappa shape index (κ3) is 2.27. The Kier molecular flexibility index (Phi) is 3.57. The Morgan fingerprint density at radius 2 is 1.76 bits per heavy atom. The Hall–Kier alpha value is -1.69. The lowest BCUT2D eigenvalue weighted by Gasteiger charge is -2.53. The molecule has 0 N–H and O–H groups in total. The molecule has 3 heteroatoms. The van der Waals surface area contributed by atoms with E-state index >= 15 is 0 Å². The van der Waals surface area contributed by atoms with Crippen LogP contribution in [-0.2, 0) is 5.41 Å². The summed E-state index contributed by atoms with van der Waals surface area (Å²) < 4.78 is 10.8. The molecule has 0 aromatic heterocycles. The molecular weight excluding hydrogens is 262 g/mol. The zero-order valence-corrected chi connectivity index (χ0v) is 12.9. The summed E-state index contributed by atoms with van der Waals surface area (Å²) in [5.41, 5.74) is 1.14. The quantitative estimate of drug-likeness (QED) is 0.796. The van der Waals surface area contributed by atoms with E-state index in [0.717, 1.165) is 29.9 Å². The molecule has 1 aliphatic heterocycles. The largest absolute Gasteiger partial charge is 0.454 e. The molecule has 1 aromatic carbocycles. The number of rotatable bonds is 5. The van der Waals surface area contributed by atoms with Gasteiger partial charge in [-0.2, -0.15) is 5.26 Å². The first-order valence-electron chi connectivity index (χ1n) is 7.98. The second-order valence-corrected chi connectivity index (χ2v) is 6.62. The molecule has 0 spiro atoms. The Balaban J connectivity index is 1.85. The second kappa shape index (κ2) is 5.26. The number of benzene rings is 1. The van der Waals surface area contributed by atoms with Gasteiger partial charge in [-0.25, -0.2) is 0 Å². The highest BCUT2D eigenvalue weighted by Gasteiger charge is 2.54. The molecule has 0 amide bonds. The molecule has 1 aromatic rings. The normalized spacial score (nSPS) is 20.6. The van der Waals surface area contributed by atoms with Gasteiger partial charge in [0.2, 0.25) is 6.79 Å². The van der Waals surface area contributed by atoms with Crippen molar-refractivity contribution in [1.29, 1.82) is 5.26 Å². The van der Waals surface area contributed by atoms with Crippen molar-refractivity contribution in [2.45, 2.75) is 57.8 Å². The topological polar surface area (TPSA) is 42.2 Å². The molecule has 21 heavy (non-hydrogen) atoms. The van der Waals surface area contributed by atoms with E-state index in [9.17, 15) is 5.26 Å². The van der Waals surface area contributed by atoms with E-state index in [1.807, 2.05) is 18.2 Å². The minimum absolute atomic E-state index is 0.286. The third-order valence-electron chi connectivity index (χ3n) is 5.05. The first-order valence-corrected chi connectivity index (χ1v) is 7.98. The molecule has 0 atom stereocenters. The maximum absolute atomic E-state index is 9.79. The summed E-state index contributed by atoms with van der Waals surface area (Å²) in [6.45, 7) is 4.77. The summed E-state index contributed by atoms with van der Waals surface area (Å²) in [7, 11) is 0. The van der Waals surface area contributed by atoms with Crippen LogP contribution < -0.4 is 9.47 Å². The van der Waals surface area contributed by atoms with Crippen molar-refractivity contribution in [3.8, 4) is 17.6 Å². The monoisotopic (exact) mass is 285 g/mol. The van der Waals surface area contributed by atoms with E-state index in [0.29, 0.717) is 5.41 Å². The number of nitrogens with zero attached hydrogens (tertiary/aromatic N) is 1. The van der Waals surface area contributed by atoms with Gasteiger partial charge in [-0.05, 0) is 48.8 Å². The fourth-order valence-electron chi connectivity index (χ4n) is 4.31. The van der Waals surface area contributed by atoms with Gasteiger partial charge in [-0.1, -0.05) is 32.8 Å². The Morgan fingerprint density at radius 1 is 1.10 bits per heavy atom. The van der Waals surface area contributed by atoms with Crippen molar-refractivity contribution in [3.63, 3.8) is 0 Å². The molecule has 0 saturated heterocycles. The molecular formula is C18H23NO2. The van der Waals surface area contributed by atoms with Gasteiger partial charge in [-0.15, -0.1) is 0 Å². The van der Waals surface area contributed by atoms with Crippen LogP contribution in [0.3, 0.4) is 0 Å².